The van der Waals surface area contributed by atoms with Crippen molar-refractivity contribution in [1.29, 1.82) is 0 Å². The Hall–Kier alpha value is -1.19. The van der Waals surface area contributed by atoms with E-state index in [4.69, 9.17) is 0 Å². The Kier molecular flexibility index (Phi) is 1.13. The first-order chi connectivity index (χ1) is 5.26. The number of rotatable bonds is 2. The molecule has 11 heavy (non-hydrogen) atoms. The van der Waals surface area contributed by atoms with E-state index in [9.17, 15) is 9.18 Å². The molecule has 0 unspecified atom stereocenters. The minimum absolute atomic E-state index is 0.573. The first-order valence-corrected chi connectivity index (χ1v) is 3.46. The lowest BCUT2D eigenvalue weighted by Gasteiger charge is -2.07. The van der Waals surface area contributed by atoms with Crippen molar-refractivity contribution in [2.24, 2.45) is 0 Å². The van der Waals surface area contributed by atoms with Crippen molar-refractivity contribution in [1.82, 2.24) is 9.78 Å². The smallest absolute Gasteiger partial charge is 0.258 e. The molecule has 1 fully saturated rings. The van der Waals surface area contributed by atoms with E-state index >= 15 is 0 Å². The molecule has 0 aromatic carbocycles. The topological polar surface area (TPSA) is 34.9 Å². The van der Waals surface area contributed by atoms with Gasteiger partial charge in [-0.25, -0.2) is 0 Å². The average Bonchev–Trinajstić information content (AvgIpc) is 2.61. The molecule has 0 saturated heterocycles. The van der Waals surface area contributed by atoms with E-state index < -0.39 is 11.6 Å². The van der Waals surface area contributed by atoms with Crippen molar-refractivity contribution in [3.05, 3.63) is 18.5 Å². The van der Waals surface area contributed by atoms with Crippen LogP contribution in [-0.2, 0) is 10.3 Å². The van der Waals surface area contributed by atoms with Gasteiger partial charge in [0.15, 0.2) is 5.54 Å². The van der Waals surface area contributed by atoms with Crippen LogP contribution in [0.2, 0.25) is 0 Å². The predicted molar refractivity (Wildman–Crippen MR) is 35.6 cm³/mol. The Morgan fingerprint density at radius 1 is 1.64 bits per heavy atom. The SMILES string of the molecule is O=C(F)C1(n2cccn2)CC1. The molecule has 0 bridgehead atoms. The van der Waals surface area contributed by atoms with Crippen LogP contribution in [0.4, 0.5) is 4.39 Å². The number of hydrogen-bond acceptors (Lipinski definition) is 2. The first-order valence-electron chi connectivity index (χ1n) is 3.46. The van der Waals surface area contributed by atoms with Gasteiger partial charge in [-0.2, -0.15) is 9.49 Å². The van der Waals surface area contributed by atoms with Crippen molar-refractivity contribution in [2.75, 3.05) is 0 Å². The molecule has 1 aliphatic rings. The van der Waals surface area contributed by atoms with Crippen LogP contribution in [0.3, 0.4) is 0 Å². The molecule has 0 radical (unpaired) electrons. The highest BCUT2D eigenvalue weighted by Gasteiger charge is 2.53. The number of hydrogen-bond donors (Lipinski definition) is 0. The van der Waals surface area contributed by atoms with Gasteiger partial charge in [-0.3, -0.25) is 9.48 Å². The average molecular weight is 154 g/mol. The number of halogens is 1. The van der Waals surface area contributed by atoms with Gasteiger partial charge in [0, 0.05) is 12.4 Å². The van der Waals surface area contributed by atoms with Gasteiger partial charge in [0.2, 0.25) is 0 Å². The van der Waals surface area contributed by atoms with Crippen molar-refractivity contribution in [3.8, 4) is 0 Å². The van der Waals surface area contributed by atoms with Gasteiger partial charge in [-0.05, 0) is 18.9 Å². The molecule has 58 valence electrons. The monoisotopic (exact) mass is 154 g/mol. The number of carbonyl (C=O) groups is 1. The molecular formula is C7H7FN2O. The summed E-state index contributed by atoms with van der Waals surface area (Å²) >= 11 is 0. The quantitative estimate of drug-likeness (QED) is 0.592. The van der Waals surface area contributed by atoms with Crippen LogP contribution in [0.5, 0.6) is 0 Å². The fourth-order valence-electron chi connectivity index (χ4n) is 1.16. The lowest BCUT2D eigenvalue weighted by Crippen LogP contribution is -2.24. The summed E-state index contributed by atoms with van der Waals surface area (Å²) in [6.45, 7) is 0. The molecular weight excluding hydrogens is 147 g/mol. The minimum Gasteiger partial charge on any atom is -0.258 e. The van der Waals surface area contributed by atoms with Crippen molar-refractivity contribution in [3.63, 3.8) is 0 Å². The largest absolute Gasteiger partial charge is 0.328 e. The lowest BCUT2D eigenvalue weighted by atomic mass is 10.3. The molecule has 0 atom stereocenters. The van der Waals surface area contributed by atoms with Gasteiger partial charge in [0.1, 0.15) is 0 Å². The van der Waals surface area contributed by atoms with Crippen LogP contribution in [-0.4, -0.2) is 15.8 Å². The van der Waals surface area contributed by atoms with Crippen molar-refractivity contribution < 1.29 is 9.18 Å². The van der Waals surface area contributed by atoms with E-state index in [1.807, 2.05) is 0 Å². The number of aromatic nitrogens is 2. The fourth-order valence-corrected chi connectivity index (χ4v) is 1.16. The van der Waals surface area contributed by atoms with E-state index in [1.165, 1.54) is 4.68 Å². The second kappa shape index (κ2) is 1.90. The summed E-state index contributed by atoms with van der Waals surface area (Å²) in [6.07, 6.45) is 4.31. The van der Waals surface area contributed by atoms with E-state index in [-0.39, 0.29) is 0 Å². The van der Waals surface area contributed by atoms with Gasteiger partial charge < -0.3 is 0 Å². The van der Waals surface area contributed by atoms with Gasteiger partial charge in [-0.1, -0.05) is 0 Å². The predicted octanol–water partition coefficient (Wildman–Crippen LogP) is 0.868. The zero-order chi connectivity index (χ0) is 7.90. The van der Waals surface area contributed by atoms with Crippen LogP contribution < -0.4 is 0 Å². The van der Waals surface area contributed by atoms with Crippen LogP contribution in [0.1, 0.15) is 12.8 Å². The van der Waals surface area contributed by atoms with Crippen LogP contribution in [0.15, 0.2) is 18.5 Å². The Morgan fingerprint density at radius 2 is 2.36 bits per heavy atom. The third-order valence-electron chi connectivity index (χ3n) is 2.03. The van der Waals surface area contributed by atoms with E-state index in [0.717, 1.165) is 0 Å². The Bertz CT molecular complexity index is 277. The first kappa shape index (κ1) is 6.52. The normalized spacial score (nSPS) is 19.7. The van der Waals surface area contributed by atoms with E-state index in [0.29, 0.717) is 12.8 Å². The molecule has 1 aliphatic carbocycles. The maximum atomic E-state index is 12.4. The Morgan fingerprint density at radius 3 is 2.73 bits per heavy atom. The van der Waals surface area contributed by atoms with E-state index in [2.05, 4.69) is 5.10 Å². The minimum atomic E-state index is -1.28. The fraction of sp³-hybridized carbons (Fsp3) is 0.429. The third kappa shape index (κ3) is 0.785. The van der Waals surface area contributed by atoms with Gasteiger partial charge in [0.25, 0.3) is 0 Å². The molecule has 0 spiro atoms. The molecule has 4 heteroatoms. The molecule has 1 aromatic rings. The highest BCUT2D eigenvalue weighted by atomic mass is 19.1. The summed E-state index contributed by atoms with van der Waals surface area (Å²) in [7, 11) is 0. The molecule has 1 aromatic heterocycles. The van der Waals surface area contributed by atoms with Crippen LogP contribution in [0, 0.1) is 0 Å². The molecule has 0 N–H and O–H groups in total. The Balaban J connectivity index is 2.36. The molecule has 1 saturated carbocycles. The van der Waals surface area contributed by atoms with Crippen molar-refractivity contribution >= 4 is 6.04 Å². The summed E-state index contributed by atoms with van der Waals surface area (Å²) in [6, 6.07) is 0.407. The molecule has 3 nitrogen and oxygen atoms in total. The second-order valence-electron chi connectivity index (χ2n) is 2.76. The molecule has 0 amide bonds. The second-order valence-corrected chi connectivity index (χ2v) is 2.76. The molecule has 2 rings (SSSR count). The highest BCUT2D eigenvalue weighted by Crippen LogP contribution is 2.43. The molecule has 0 aliphatic heterocycles. The van der Waals surface area contributed by atoms with Gasteiger partial charge >= 0.3 is 6.04 Å². The third-order valence-corrected chi connectivity index (χ3v) is 2.03. The van der Waals surface area contributed by atoms with Gasteiger partial charge in [-0.15, -0.1) is 0 Å². The van der Waals surface area contributed by atoms with Crippen LogP contribution >= 0.6 is 0 Å². The van der Waals surface area contributed by atoms with Crippen LogP contribution in [0.25, 0.3) is 0 Å². The summed E-state index contributed by atoms with van der Waals surface area (Å²) in [5.41, 5.74) is -0.927. The van der Waals surface area contributed by atoms with Gasteiger partial charge in [0.05, 0.1) is 0 Å². The van der Waals surface area contributed by atoms with Crippen molar-refractivity contribution in [2.45, 2.75) is 18.4 Å². The standard InChI is InChI=1S/C7H7FN2O/c8-6(11)7(2-3-7)10-5-1-4-9-10/h1,4-5H,2-3H2. The van der Waals surface area contributed by atoms with E-state index in [1.54, 1.807) is 18.5 Å². The Labute approximate surface area is 62.8 Å². The summed E-state index contributed by atoms with van der Waals surface area (Å²) < 4.78 is 13.8. The zero-order valence-electron chi connectivity index (χ0n) is 5.83. The number of nitrogens with zero attached hydrogens (tertiary/aromatic N) is 2. The summed E-state index contributed by atoms with van der Waals surface area (Å²) in [4.78, 5) is 10.5. The number of carbonyl (C=O) groups excluding carboxylic acids is 1. The highest BCUT2D eigenvalue weighted by molar-refractivity contribution is 5.80. The zero-order valence-corrected chi connectivity index (χ0v) is 5.83. The summed E-state index contributed by atoms with van der Waals surface area (Å²) in [5.74, 6) is 0. The maximum absolute atomic E-state index is 12.4. The molecule has 1 heterocycles. The lowest BCUT2D eigenvalue weighted by molar-refractivity contribution is -0.134. The maximum Gasteiger partial charge on any atom is 0.328 e. The summed E-state index contributed by atoms with van der Waals surface area (Å²) in [5, 5.41) is 3.83.